The molecule has 132 valence electrons. The molecule has 0 amide bonds. The van der Waals surface area contributed by atoms with E-state index in [1.165, 1.54) is 0 Å². The zero-order valence-electron chi connectivity index (χ0n) is 15.1. The molecule has 1 aliphatic rings. The van der Waals surface area contributed by atoms with E-state index >= 15 is 0 Å². The van der Waals surface area contributed by atoms with Crippen LogP contribution in [0.3, 0.4) is 0 Å². The van der Waals surface area contributed by atoms with Gasteiger partial charge in [-0.25, -0.2) is 9.78 Å². The van der Waals surface area contributed by atoms with E-state index in [1.807, 2.05) is 19.2 Å². The van der Waals surface area contributed by atoms with Crippen LogP contribution in [-0.2, 0) is 0 Å². The van der Waals surface area contributed by atoms with Gasteiger partial charge in [0.2, 0.25) is 0 Å². The van der Waals surface area contributed by atoms with E-state index in [9.17, 15) is 9.90 Å². The van der Waals surface area contributed by atoms with Gasteiger partial charge in [0.05, 0.1) is 5.56 Å². The normalized spacial score (nSPS) is 15.6. The molecule has 2 aromatic rings. The summed E-state index contributed by atoms with van der Waals surface area (Å²) in [5.74, 6) is 0.0334. The van der Waals surface area contributed by atoms with Crippen molar-refractivity contribution in [3.8, 4) is 11.1 Å². The Kier molecular flexibility index (Phi) is 5.04. The SMILES string of the molecule is Cc1cnc(N2CCN(C(C)C)CC2)c(-c2cccc(C(=O)O)c2)c1. The first kappa shape index (κ1) is 17.4. The van der Waals surface area contributed by atoms with E-state index in [0.717, 1.165) is 48.7 Å². The van der Waals surface area contributed by atoms with Gasteiger partial charge in [-0.15, -0.1) is 0 Å². The molecule has 0 spiro atoms. The number of pyridine rings is 1. The third-order valence-electron chi connectivity index (χ3n) is 4.77. The highest BCUT2D eigenvalue weighted by Gasteiger charge is 2.22. The van der Waals surface area contributed by atoms with Crippen molar-refractivity contribution in [1.82, 2.24) is 9.88 Å². The van der Waals surface area contributed by atoms with Crippen molar-refractivity contribution in [2.45, 2.75) is 26.8 Å². The molecule has 2 heterocycles. The Morgan fingerprint density at radius 1 is 1.16 bits per heavy atom. The average molecular weight is 339 g/mol. The number of hydrogen-bond donors (Lipinski definition) is 1. The van der Waals surface area contributed by atoms with Crippen LogP contribution in [-0.4, -0.2) is 53.2 Å². The quantitative estimate of drug-likeness (QED) is 0.926. The number of anilines is 1. The highest BCUT2D eigenvalue weighted by atomic mass is 16.4. The number of aryl methyl sites for hydroxylation is 1. The zero-order valence-corrected chi connectivity index (χ0v) is 15.1. The third-order valence-corrected chi connectivity index (χ3v) is 4.77. The van der Waals surface area contributed by atoms with Gasteiger partial charge in [-0.2, -0.15) is 0 Å². The highest BCUT2D eigenvalue weighted by molar-refractivity contribution is 5.90. The maximum atomic E-state index is 11.3. The van der Waals surface area contributed by atoms with Crippen LogP contribution in [0.5, 0.6) is 0 Å². The Morgan fingerprint density at radius 2 is 1.88 bits per heavy atom. The van der Waals surface area contributed by atoms with E-state index in [4.69, 9.17) is 0 Å². The maximum absolute atomic E-state index is 11.3. The number of rotatable bonds is 4. The lowest BCUT2D eigenvalue weighted by Gasteiger charge is -2.38. The van der Waals surface area contributed by atoms with Crippen molar-refractivity contribution in [2.75, 3.05) is 31.1 Å². The molecule has 1 aliphatic heterocycles. The minimum Gasteiger partial charge on any atom is -0.478 e. The summed E-state index contributed by atoms with van der Waals surface area (Å²) in [6.07, 6.45) is 1.88. The molecular weight excluding hydrogens is 314 g/mol. The van der Waals surface area contributed by atoms with Gasteiger partial charge < -0.3 is 10.0 Å². The second-order valence-corrected chi connectivity index (χ2v) is 6.89. The summed E-state index contributed by atoms with van der Waals surface area (Å²) in [5.41, 5.74) is 3.27. The van der Waals surface area contributed by atoms with Crippen molar-refractivity contribution in [1.29, 1.82) is 0 Å². The Labute approximate surface area is 148 Å². The van der Waals surface area contributed by atoms with Gasteiger partial charge in [-0.05, 0) is 50.1 Å². The smallest absolute Gasteiger partial charge is 0.335 e. The summed E-state index contributed by atoms with van der Waals surface area (Å²) in [7, 11) is 0. The van der Waals surface area contributed by atoms with Gasteiger partial charge in [0.1, 0.15) is 5.82 Å². The summed E-state index contributed by atoms with van der Waals surface area (Å²) in [5, 5.41) is 9.28. The van der Waals surface area contributed by atoms with Crippen LogP contribution in [0.1, 0.15) is 29.8 Å². The largest absolute Gasteiger partial charge is 0.478 e. The van der Waals surface area contributed by atoms with Crippen molar-refractivity contribution in [3.63, 3.8) is 0 Å². The molecule has 0 bridgehead atoms. The number of hydrogen-bond acceptors (Lipinski definition) is 4. The topological polar surface area (TPSA) is 56.7 Å². The van der Waals surface area contributed by atoms with Crippen molar-refractivity contribution in [3.05, 3.63) is 47.7 Å². The van der Waals surface area contributed by atoms with Crippen LogP contribution in [0.15, 0.2) is 36.5 Å². The first-order valence-corrected chi connectivity index (χ1v) is 8.75. The highest BCUT2D eigenvalue weighted by Crippen LogP contribution is 2.31. The second-order valence-electron chi connectivity index (χ2n) is 6.89. The number of aromatic carboxylic acids is 1. The number of carbonyl (C=O) groups is 1. The number of carboxylic acids is 1. The van der Waals surface area contributed by atoms with Gasteiger partial charge in [0.15, 0.2) is 0 Å². The van der Waals surface area contributed by atoms with E-state index in [0.29, 0.717) is 11.6 Å². The monoisotopic (exact) mass is 339 g/mol. The summed E-state index contributed by atoms with van der Waals surface area (Å²) in [6, 6.07) is 9.75. The fraction of sp³-hybridized carbons (Fsp3) is 0.400. The predicted molar refractivity (Wildman–Crippen MR) is 100 cm³/mol. The fourth-order valence-electron chi connectivity index (χ4n) is 3.30. The molecule has 25 heavy (non-hydrogen) atoms. The lowest BCUT2D eigenvalue weighted by molar-refractivity contribution is 0.0697. The lowest BCUT2D eigenvalue weighted by atomic mass is 10.0. The molecule has 5 nitrogen and oxygen atoms in total. The van der Waals surface area contributed by atoms with E-state index in [2.05, 4.69) is 34.7 Å². The van der Waals surface area contributed by atoms with E-state index < -0.39 is 5.97 Å². The number of carboxylic acid groups (broad SMARTS) is 1. The van der Waals surface area contributed by atoms with Gasteiger partial charge in [0.25, 0.3) is 0 Å². The Hall–Kier alpha value is -2.40. The number of benzene rings is 1. The molecule has 1 aromatic carbocycles. The average Bonchev–Trinajstić information content (AvgIpc) is 2.62. The summed E-state index contributed by atoms with van der Waals surface area (Å²) < 4.78 is 0. The summed E-state index contributed by atoms with van der Waals surface area (Å²) >= 11 is 0. The van der Waals surface area contributed by atoms with Crippen LogP contribution in [0.2, 0.25) is 0 Å². The molecule has 1 saturated heterocycles. The van der Waals surface area contributed by atoms with Gasteiger partial charge in [-0.1, -0.05) is 12.1 Å². The van der Waals surface area contributed by atoms with E-state index in [-0.39, 0.29) is 0 Å². The minimum absolute atomic E-state index is 0.301. The molecule has 0 radical (unpaired) electrons. The first-order valence-electron chi connectivity index (χ1n) is 8.75. The molecule has 0 aliphatic carbocycles. The van der Waals surface area contributed by atoms with Gasteiger partial charge in [0, 0.05) is 44.0 Å². The van der Waals surface area contributed by atoms with Crippen molar-refractivity contribution < 1.29 is 9.90 Å². The maximum Gasteiger partial charge on any atom is 0.335 e. The van der Waals surface area contributed by atoms with Crippen LogP contribution >= 0.6 is 0 Å². The molecular formula is C20H25N3O2. The molecule has 1 aromatic heterocycles. The number of piperazine rings is 1. The minimum atomic E-state index is -0.908. The molecule has 5 heteroatoms. The van der Waals surface area contributed by atoms with E-state index in [1.54, 1.807) is 18.2 Å². The summed E-state index contributed by atoms with van der Waals surface area (Å²) in [6.45, 7) is 10.4. The lowest BCUT2D eigenvalue weighted by Crippen LogP contribution is -2.49. The molecule has 0 unspecified atom stereocenters. The number of aromatic nitrogens is 1. The molecule has 1 fully saturated rings. The van der Waals surface area contributed by atoms with Gasteiger partial charge >= 0.3 is 5.97 Å². The van der Waals surface area contributed by atoms with Crippen LogP contribution in [0.25, 0.3) is 11.1 Å². The Bertz CT molecular complexity index is 765. The molecule has 3 rings (SSSR count). The summed E-state index contributed by atoms with van der Waals surface area (Å²) in [4.78, 5) is 20.8. The zero-order chi connectivity index (χ0) is 18.0. The van der Waals surface area contributed by atoms with Crippen LogP contribution in [0, 0.1) is 6.92 Å². The number of nitrogens with zero attached hydrogens (tertiary/aromatic N) is 3. The van der Waals surface area contributed by atoms with Crippen molar-refractivity contribution >= 4 is 11.8 Å². The third kappa shape index (κ3) is 3.82. The van der Waals surface area contributed by atoms with Gasteiger partial charge in [-0.3, -0.25) is 4.90 Å². The fourth-order valence-corrected chi connectivity index (χ4v) is 3.30. The van der Waals surface area contributed by atoms with Crippen LogP contribution < -0.4 is 4.90 Å². The molecule has 0 saturated carbocycles. The van der Waals surface area contributed by atoms with Crippen LogP contribution in [0.4, 0.5) is 5.82 Å². The Morgan fingerprint density at radius 3 is 2.52 bits per heavy atom. The molecule has 0 atom stereocenters. The molecule has 1 N–H and O–H groups in total. The second kappa shape index (κ2) is 7.23. The van der Waals surface area contributed by atoms with Crippen molar-refractivity contribution in [2.24, 2.45) is 0 Å². The standard InChI is InChI=1S/C20H25N3O2/c1-14(2)22-7-9-23(10-8-22)19-18(11-15(3)13-21-19)16-5-4-6-17(12-16)20(24)25/h4-6,11-14H,7-10H2,1-3H3,(H,24,25). The Balaban J connectivity index is 1.94. The first-order chi connectivity index (χ1) is 12.0. The predicted octanol–water partition coefficient (Wildman–Crippen LogP) is 3.29.